The minimum absolute atomic E-state index is 0. The van der Waals surface area contributed by atoms with Gasteiger partial charge in [0.05, 0.1) is 0 Å². The minimum Gasteiger partial charge on any atom is -0.383 e. The van der Waals surface area contributed by atoms with Crippen LogP contribution < -0.4 is 10.6 Å². The second kappa shape index (κ2) is 9.06. The van der Waals surface area contributed by atoms with E-state index in [-0.39, 0.29) is 24.8 Å². The van der Waals surface area contributed by atoms with Crippen molar-refractivity contribution in [1.82, 2.24) is 14.9 Å². The molecule has 3 rings (SSSR count). The summed E-state index contributed by atoms with van der Waals surface area (Å²) in [5, 5.41) is 0. The summed E-state index contributed by atoms with van der Waals surface area (Å²) in [5.74, 6) is 1.33. The van der Waals surface area contributed by atoms with Crippen molar-refractivity contribution in [3.05, 3.63) is 47.4 Å². The lowest BCUT2D eigenvalue weighted by atomic mass is 10.1. The van der Waals surface area contributed by atoms with Crippen molar-refractivity contribution in [1.29, 1.82) is 0 Å². The van der Waals surface area contributed by atoms with Gasteiger partial charge < -0.3 is 10.6 Å². The second-order valence-corrected chi connectivity index (χ2v) is 5.88. The Morgan fingerprint density at radius 3 is 2.33 bits per heavy atom. The van der Waals surface area contributed by atoms with Crippen LogP contribution in [0.2, 0.25) is 0 Å². The first-order valence-corrected chi connectivity index (χ1v) is 7.74. The molecule has 0 aliphatic carbocycles. The maximum Gasteiger partial charge on any atom is 0.131 e. The van der Waals surface area contributed by atoms with Gasteiger partial charge in [0.2, 0.25) is 0 Å². The molecule has 0 unspecified atom stereocenters. The zero-order valence-electron chi connectivity index (χ0n) is 14.1. The molecule has 0 amide bonds. The second-order valence-electron chi connectivity index (χ2n) is 5.88. The predicted octanol–water partition coefficient (Wildman–Crippen LogP) is 2.84. The summed E-state index contributed by atoms with van der Waals surface area (Å²) in [5.41, 5.74) is 9.70. The molecule has 0 saturated carbocycles. The number of nitrogen functional groups attached to an aromatic ring is 1. The van der Waals surface area contributed by atoms with Gasteiger partial charge in [-0.2, -0.15) is 0 Å². The summed E-state index contributed by atoms with van der Waals surface area (Å²) in [6.45, 7) is 9.00. The highest BCUT2D eigenvalue weighted by atomic mass is 35.5. The number of nitrogens with zero attached hydrogens (tertiary/aromatic N) is 4. The largest absolute Gasteiger partial charge is 0.383 e. The number of aromatic nitrogens is 2. The zero-order chi connectivity index (χ0) is 15.5. The summed E-state index contributed by atoms with van der Waals surface area (Å²) in [6, 6.07) is 8.58. The van der Waals surface area contributed by atoms with Gasteiger partial charge in [-0.15, -0.1) is 24.8 Å². The molecule has 2 N–H and O–H groups in total. The average Bonchev–Trinajstić information content (AvgIpc) is 2.51. The topological polar surface area (TPSA) is 58.3 Å². The van der Waals surface area contributed by atoms with Crippen LogP contribution in [0.3, 0.4) is 0 Å². The first kappa shape index (κ1) is 20.5. The quantitative estimate of drug-likeness (QED) is 0.901. The molecule has 0 atom stereocenters. The molecule has 0 spiro atoms. The first-order chi connectivity index (χ1) is 10.6. The molecule has 1 aromatic heterocycles. The third-order valence-electron chi connectivity index (χ3n) is 4.24. The highest BCUT2D eigenvalue weighted by Crippen LogP contribution is 2.21. The van der Waals surface area contributed by atoms with Crippen LogP contribution in [0.1, 0.15) is 17.0 Å². The number of aryl methyl sites for hydroxylation is 2. The Hall–Kier alpha value is -1.56. The van der Waals surface area contributed by atoms with Crippen LogP contribution >= 0.6 is 24.8 Å². The number of para-hydroxylation sites is 1. The molecule has 0 radical (unpaired) electrons. The van der Waals surface area contributed by atoms with Gasteiger partial charge in [0.25, 0.3) is 0 Å². The van der Waals surface area contributed by atoms with Gasteiger partial charge in [-0.1, -0.05) is 18.2 Å². The van der Waals surface area contributed by atoms with Gasteiger partial charge in [0, 0.05) is 50.2 Å². The Bertz CT molecular complexity index is 657. The maximum absolute atomic E-state index is 5.99. The summed E-state index contributed by atoms with van der Waals surface area (Å²) < 4.78 is 0. The van der Waals surface area contributed by atoms with Crippen molar-refractivity contribution >= 4 is 36.3 Å². The molecular formula is C17H25Cl2N5. The lowest BCUT2D eigenvalue weighted by molar-refractivity contribution is 0.249. The standard InChI is InChI=1S/C17H23N5.2ClH/c1-13-5-3-4-6-16(13)22-9-7-21(8-10-22)12-15-11-19-14(2)20-17(15)18;;/h3-6,11H,7-10,12H2,1-2H3,(H2,18,19,20);2*1H. The van der Waals surface area contributed by atoms with Crippen molar-refractivity contribution in [3.8, 4) is 0 Å². The van der Waals surface area contributed by atoms with Crippen molar-refractivity contribution in [2.75, 3.05) is 36.8 Å². The van der Waals surface area contributed by atoms with Gasteiger partial charge in [-0.25, -0.2) is 9.97 Å². The molecule has 7 heteroatoms. The van der Waals surface area contributed by atoms with Crippen LogP contribution in [0.25, 0.3) is 0 Å². The number of hydrogen-bond donors (Lipinski definition) is 1. The fourth-order valence-corrected chi connectivity index (χ4v) is 2.94. The SMILES string of the molecule is Cc1ncc(CN2CCN(c3ccccc3C)CC2)c(N)n1.Cl.Cl. The number of anilines is 2. The summed E-state index contributed by atoms with van der Waals surface area (Å²) in [4.78, 5) is 13.4. The van der Waals surface area contributed by atoms with Gasteiger partial charge in [-0.3, -0.25) is 4.90 Å². The average molecular weight is 370 g/mol. The monoisotopic (exact) mass is 369 g/mol. The number of piperazine rings is 1. The normalized spacial score (nSPS) is 14.7. The van der Waals surface area contributed by atoms with Crippen LogP contribution in [0.4, 0.5) is 11.5 Å². The molecule has 1 aromatic carbocycles. The number of hydrogen-bond acceptors (Lipinski definition) is 5. The van der Waals surface area contributed by atoms with Crippen molar-refractivity contribution in [3.63, 3.8) is 0 Å². The summed E-state index contributed by atoms with van der Waals surface area (Å²) in [7, 11) is 0. The van der Waals surface area contributed by atoms with Crippen LogP contribution in [0, 0.1) is 13.8 Å². The fraction of sp³-hybridized carbons (Fsp3) is 0.412. The van der Waals surface area contributed by atoms with Crippen molar-refractivity contribution in [2.24, 2.45) is 0 Å². The van der Waals surface area contributed by atoms with Crippen LogP contribution in [-0.4, -0.2) is 41.0 Å². The lowest BCUT2D eigenvalue weighted by Gasteiger charge is -2.36. The maximum atomic E-state index is 5.99. The van der Waals surface area contributed by atoms with E-state index in [4.69, 9.17) is 5.73 Å². The van der Waals surface area contributed by atoms with Crippen molar-refractivity contribution < 1.29 is 0 Å². The molecule has 1 aliphatic heterocycles. The lowest BCUT2D eigenvalue weighted by Crippen LogP contribution is -2.46. The zero-order valence-corrected chi connectivity index (χ0v) is 15.7. The molecule has 2 heterocycles. The van der Waals surface area contributed by atoms with E-state index in [0.29, 0.717) is 5.82 Å². The van der Waals surface area contributed by atoms with Gasteiger partial charge in [-0.05, 0) is 25.5 Å². The highest BCUT2D eigenvalue weighted by molar-refractivity contribution is 5.85. The van der Waals surface area contributed by atoms with Gasteiger partial charge >= 0.3 is 0 Å². The molecule has 1 fully saturated rings. The Kier molecular flexibility index (Phi) is 7.73. The van der Waals surface area contributed by atoms with E-state index in [1.54, 1.807) is 0 Å². The number of benzene rings is 1. The summed E-state index contributed by atoms with van der Waals surface area (Å²) >= 11 is 0. The minimum atomic E-state index is 0. The molecular weight excluding hydrogens is 345 g/mol. The molecule has 0 bridgehead atoms. The number of nitrogens with two attached hydrogens (primary N) is 1. The van der Waals surface area contributed by atoms with E-state index in [9.17, 15) is 0 Å². The third kappa shape index (κ3) is 4.72. The van der Waals surface area contributed by atoms with E-state index in [1.807, 2.05) is 13.1 Å². The Morgan fingerprint density at radius 1 is 1.04 bits per heavy atom. The van der Waals surface area contributed by atoms with E-state index in [2.05, 4.69) is 51.0 Å². The van der Waals surface area contributed by atoms with E-state index in [1.165, 1.54) is 11.3 Å². The highest BCUT2D eigenvalue weighted by Gasteiger charge is 2.19. The van der Waals surface area contributed by atoms with E-state index in [0.717, 1.165) is 44.1 Å². The fourth-order valence-electron chi connectivity index (χ4n) is 2.94. The van der Waals surface area contributed by atoms with Crippen LogP contribution in [-0.2, 0) is 6.54 Å². The number of halogens is 2. The molecule has 2 aromatic rings. The van der Waals surface area contributed by atoms with Gasteiger partial charge in [0.15, 0.2) is 0 Å². The Morgan fingerprint density at radius 2 is 1.71 bits per heavy atom. The molecule has 24 heavy (non-hydrogen) atoms. The smallest absolute Gasteiger partial charge is 0.131 e. The third-order valence-corrected chi connectivity index (χ3v) is 4.24. The predicted molar refractivity (Wildman–Crippen MR) is 104 cm³/mol. The summed E-state index contributed by atoms with van der Waals surface area (Å²) in [6.07, 6.45) is 1.85. The van der Waals surface area contributed by atoms with Gasteiger partial charge in [0.1, 0.15) is 11.6 Å². The van der Waals surface area contributed by atoms with E-state index >= 15 is 0 Å². The van der Waals surface area contributed by atoms with Crippen LogP contribution in [0.5, 0.6) is 0 Å². The molecule has 132 valence electrons. The van der Waals surface area contributed by atoms with Crippen molar-refractivity contribution in [2.45, 2.75) is 20.4 Å². The Balaban J connectivity index is 0.00000144. The Labute approximate surface area is 156 Å². The molecule has 1 aliphatic rings. The molecule has 5 nitrogen and oxygen atoms in total. The molecule has 1 saturated heterocycles. The first-order valence-electron chi connectivity index (χ1n) is 7.74. The van der Waals surface area contributed by atoms with E-state index < -0.39 is 0 Å². The number of rotatable bonds is 3. The van der Waals surface area contributed by atoms with Crippen LogP contribution in [0.15, 0.2) is 30.5 Å².